The molecule has 2 atom stereocenters. The fourth-order valence-corrected chi connectivity index (χ4v) is 5.16. The summed E-state index contributed by atoms with van der Waals surface area (Å²) >= 11 is 12.5. The van der Waals surface area contributed by atoms with E-state index in [2.05, 4.69) is 31.2 Å². The van der Waals surface area contributed by atoms with Crippen LogP contribution >= 0.6 is 23.8 Å². The lowest BCUT2D eigenvalue weighted by molar-refractivity contribution is -0.118. The summed E-state index contributed by atoms with van der Waals surface area (Å²) in [4.78, 5) is 19.0. The molecule has 1 aliphatic heterocycles. The fraction of sp³-hybridized carbons (Fsp3) is 0.207. The van der Waals surface area contributed by atoms with Crippen LogP contribution in [0.5, 0.6) is 5.75 Å². The quantitative estimate of drug-likeness (QED) is 0.265. The molecule has 38 heavy (non-hydrogen) atoms. The number of hydrogen-bond donors (Lipinski definition) is 2. The maximum Gasteiger partial charge on any atom is 0.226 e. The number of halogens is 1. The Labute approximate surface area is 232 Å². The second-order valence-corrected chi connectivity index (χ2v) is 10.1. The first kappa shape index (κ1) is 25.8. The Kier molecular flexibility index (Phi) is 7.35. The maximum absolute atomic E-state index is 12.3. The minimum absolute atomic E-state index is 0.0952. The van der Waals surface area contributed by atoms with Gasteiger partial charge in [0, 0.05) is 41.4 Å². The molecule has 1 fully saturated rings. The van der Waals surface area contributed by atoms with Crippen molar-refractivity contribution in [1.82, 2.24) is 14.9 Å². The number of thiocarbonyl (C=S) groups is 1. The summed E-state index contributed by atoms with van der Waals surface area (Å²) in [7, 11) is 1.66. The molecule has 1 aliphatic rings. The van der Waals surface area contributed by atoms with Gasteiger partial charge in [-0.1, -0.05) is 37.6 Å². The summed E-state index contributed by atoms with van der Waals surface area (Å²) in [6.07, 6.45) is 3.81. The van der Waals surface area contributed by atoms with Crippen molar-refractivity contribution < 1.29 is 9.53 Å². The van der Waals surface area contributed by atoms with Gasteiger partial charge in [-0.05, 0) is 66.8 Å². The van der Waals surface area contributed by atoms with Crippen molar-refractivity contribution in [1.29, 1.82) is 0 Å². The Morgan fingerprint density at radius 3 is 2.63 bits per heavy atom. The van der Waals surface area contributed by atoms with Crippen molar-refractivity contribution in [3.8, 4) is 11.4 Å². The van der Waals surface area contributed by atoms with Crippen LogP contribution < -0.4 is 20.3 Å². The van der Waals surface area contributed by atoms with Gasteiger partial charge in [-0.2, -0.15) is 0 Å². The highest BCUT2D eigenvalue weighted by Crippen LogP contribution is 2.43. The van der Waals surface area contributed by atoms with Crippen LogP contribution in [0.15, 0.2) is 85.2 Å². The summed E-state index contributed by atoms with van der Waals surface area (Å²) in [5.41, 5.74) is 4.20. The van der Waals surface area contributed by atoms with E-state index in [4.69, 9.17) is 28.6 Å². The summed E-state index contributed by atoms with van der Waals surface area (Å²) < 4.78 is 7.60. The lowest BCUT2D eigenvalue weighted by Gasteiger charge is -2.29. The van der Waals surface area contributed by atoms with Gasteiger partial charge in [0.05, 0.1) is 29.6 Å². The molecule has 3 heterocycles. The lowest BCUT2D eigenvalue weighted by atomic mass is 10.0. The number of carbonyl (C=O) groups excluding carboxylic acids is 1. The number of pyridine rings is 1. The minimum atomic E-state index is -0.245. The van der Waals surface area contributed by atoms with Gasteiger partial charge < -0.3 is 24.8 Å². The fourth-order valence-electron chi connectivity index (χ4n) is 4.60. The third-order valence-electron chi connectivity index (χ3n) is 6.53. The summed E-state index contributed by atoms with van der Waals surface area (Å²) in [5.74, 6) is 0.516. The van der Waals surface area contributed by atoms with Gasteiger partial charge in [0.15, 0.2) is 5.11 Å². The molecule has 1 amide bonds. The van der Waals surface area contributed by atoms with E-state index in [1.165, 1.54) is 0 Å². The lowest BCUT2D eigenvalue weighted by Crippen LogP contribution is -2.30. The molecule has 0 aliphatic carbocycles. The SMILES string of the molecule is COc1cccc(-n2cccc2[C@@H]2[C@H](c3ccccn3)NC(=S)N2c2ccc(NC(=O)C(C)C)c(Cl)c2)c1. The predicted octanol–water partition coefficient (Wildman–Crippen LogP) is 6.31. The molecule has 4 aromatic rings. The van der Waals surface area contributed by atoms with E-state index in [1.807, 2.05) is 86.8 Å². The number of carbonyl (C=O) groups is 1. The zero-order valence-electron chi connectivity index (χ0n) is 21.3. The molecule has 0 saturated carbocycles. The van der Waals surface area contributed by atoms with Crippen LogP contribution in [0.2, 0.25) is 5.02 Å². The highest BCUT2D eigenvalue weighted by molar-refractivity contribution is 7.80. The number of methoxy groups -OCH3 is 1. The number of aromatic nitrogens is 2. The van der Waals surface area contributed by atoms with E-state index in [1.54, 1.807) is 13.3 Å². The van der Waals surface area contributed by atoms with E-state index in [-0.39, 0.29) is 23.9 Å². The number of nitrogens with zero attached hydrogens (tertiary/aromatic N) is 3. The standard InChI is InChI=1S/C29H28ClN5O2S/c1-18(2)28(36)32-23-13-12-20(17-22(23)30)35-27(26(33-29(35)38)24-10-4-5-14-31-24)25-11-7-15-34(25)19-8-6-9-21(16-19)37-3/h4-18,26-27H,1-3H3,(H,32,36)(H,33,38)/t26-,27+/m0/s1. The van der Waals surface area contributed by atoms with E-state index >= 15 is 0 Å². The monoisotopic (exact) mass is 545 g/mol. The Hall–Kier alpha value is -3.88. The Bertz CT molecular complexity index is 1470. The molecule has 0 bridgehead atoms. The van der Waals surface area contributed by atoms with Crippen molar-refractivity contribution in [2.24, 2.45) is 5.92 Å². The molecule has 9 heteroatoms. The smallest absolute Gasteiger partial charge is 0.226 e. The van der Waals surface area contributed by atoms with Crippen molar-refractivity contribution in [3.05, 3.63) is 102 Å². The van der Waals surface area contributed by atoms with Gasteiger partial charge in [-0.15, -0.1) is 0 Å². The molecular formula is C29H28ClN5O2S. The van der Waals surface area contributed by atoms with Crippen LogP contribution in [0, 0.1) is 5.92 Å². The molecule has 2 N–H and O–H groups in total. The largest absolute Gasteiger partial charge is 0.497 e. The third-order valence-corrected chi connectivity index (χ3v) is 7.15. The van der Waals surface area contributed by atoms with E-state index in [9.17, 15) is 4.79 Å². The Balaban J connectivity index is 1.60. The molecular weight excluding hydrogens is 518 g/mol. The molecule has 0 unspecified atom stereocenters. The number of ether oxygens (including phenoxy) is 1. The number of hydrogen-bond acceptors (Lipinski definition) is 4. The van der Waals surface area contributed by atoms with E-state index in [0.29, 0.717) is 15.8 Å². The van der Waals surface area contributed by atoms with Gasteiger partial charge in [-0.25, -0.2) is 0 Å². The Morgan fingerprint density at radius 2 is 1.92 bits per heavy atom. The molecule has 0 radical (unpaired) electrons. The van der Waals surface area contributed by atoms with Gasteiger partial charge in [0.1, 0.15) is 11.8 Å². The molecule has 7 nitrogen and oxygen atoms in total. The third kappa shape index (κ3) is 4.97. The van der Waals surface area contributed by atoms with Crippen LogP contribution in [0.1, 0.15) is 37.3 Å². The van der Waals surface area contributed by atoms with Crippen molar-refractivity contribution in [2.75, 3.05) is 17.3 Å². The maximum atomic E-state index is 12.3. The van der Waals surface area contributed by atoms with Crippen LogP contribution in [0.25, 0.3) is 5.69 Å². The number of nitrogens with one attached hydrogen (secondary N) is 2. The first-order valence-corrected chi connectivity index (χ1v) is 13.1. The number of benzene rings is 2. The predicted molar refractivity (Wildman–Crippen MR) is 155 cm³/mol. The average molecular weight is 546 g/mol. The van der Waals surface area contributed by atoms with Crippen LogP contribution in [-0.4, -0.2) is 27.7 Å². The highest BCUT2D eigenvalue weighted by atomic mass is 35.5. The number of anilines is 2. The molecule has 0 spiro atoms. The minimum Gasteiger partial charge on any atom is -0.497 e. The highest BCUT2D eigenvalue weighted by Gasteiger charge is 2.42. The second kappa shape index (κ2) is 10.8. The zero-order chi connectivity index (χ0) is 26.8. The summed E-state index contributed by atoms with van der Waals surface area (Å²) in [6.45, 7) is 3.68. The molecule has 5 rings (SSSR count). The van der Waals surface area contributed by atoms with Gasteiger partial charge in [0.2, 0.25) is 5.91 Å². The second-order valence-electron chi connectivity index (χ2n) is 9.31. The van der Waals surface area contributed by atoms with E-state index < -0.39 is 0 Å². The molecule has 194 valence electrons. The first-order valence-electron chi connectivity index (χ1n) is 12.3. The van der Waals surface area contributed by atoms with Crippen molar-refractivity contribution >= 4 is 46.2 Å². The molecule has 2 aromatic carbocycles. The summed E-state index contributed by atoms with van der Waals surface area (Å²) in [5, 5.41) is 7.36. The zero-order valence-corrected chi connectivity index (χ0v) is 22.8. The van der Waals surface area contributed by atoms with Crippen molar-refractivity contribution in [3.63, 3.8) is 0 Å². The summed E-state index contributed by atoms with van der Waals surface area (Å²) in [6, 6.07) is 23.0. The molecule has 1 saturated heterocycles. The van der Waals surface area contributed by atoms with E-state index in [0.717, 1.165) is 28.5 Å². The van der Waals surface area contributed by atoms with Crippen LogP contribution in [0.3, 0.4) is 0 Å². The van der Waals surface area contributed by atoms with Gasteiger partial charge >= 0.3 is 0 Å². The number of amides is 1. The first-order chi connectivity index (χ1) is 18.4. The topological polar surface area (TPSA) is 71.4 Å². The number of rotatable bonds is 7. The van der Waals surface area contributed by atoms with Gasteiger partial charge in [-0.3, -0.25) is 9.78 Å². The average Bonchev–Trinajstić information content (AvgIpc) is 3.54. The van der Waals surface area contributed by atoms with Crippen molar-refractivity contribution in [2.45, 2.75) is 25.9 Å². The van der Waals surface area contributed by atoms with Crippen LogP contribution in [0.4, 0.5) is 11.4 Å². The normalized spacial score (nSPS) is 17.0. The van der Waals surface area contributed by atoms with Gasteiger partial charge in [0.25, 0.3) is 0 Å². The Morgan fingerprint density at radius 1 is 1.08 bits per heavy atom. The van der Waals surface area contributed by atoms with Crippen LogP contribution in [-0.2, 0) is 4.79 Å². The molecule has 2 aromatic heterocycles.